The van der Waals surface area contributed by atoms with Crippen LogP contribution >= 0.6 is 0 Å². The fraction of sp³-hybridized carbons (Fsp3) is 0.235. The molecule has 2 aromatic carbocycles. The van der Waals surface area contributed by atoms with Crippen molar-refractivity contribution < 1.29 is 4.39 Å². The molecule has 1 unspecified atom stereocenters. The Bertz CT molecular complexity index is 688. The maximum absolute atomic E-state index is 13.4. The van der Waals surface area contributed by atoms with Crippen LogP contribution in [0.5, 0.6) is 0 Å². The van der Waals surface area contributed by atoms with Gasteiger partial charge in [-0.15, -0.1) is 0 Å². The molecule has 0 radical (unpaired) electrons. The van der Waals surface area contributed by atoms with Gasteiger partial charge >= 0.3 is 0 Å². The summed E-state index contributed by atoms with van der Waals surface area (Å²) < 4.78 is 13.4. The SMILES string of the molecule is CC1Cc2ccccc2N1Cc1cc(F)ccc1C#N. The first-order chi connectivity index (χ1) is 9.69. The van der Waals surface area contributed by atoms with Gasteiger partial charge in [-0.3, -0.25) is 0 Å². The molecule has 0 fully saturated rings. The van der Waals surface area contributed by atoms with Gasteiger partial charge < -0.3 is 4.90 Å². The summed E-state index contributed by atoms with van der Waals surface area (Å²) >= 11 is 0. The minimum atomic E-state index is -0.292. The molecule has 2 nitrogen and oxygen atoms in total. The first-order valence-electron chi connectivity index (χ1n) is 6.72. The zero-order valence-electron chi connectivity index (χ0n) is 11.3. The maximum Gasteiger partial charge on any atom is 0.123 e. The van der Waals surface area contributed by atoms with Crippen LogP contribution in [0.25, 0.3) is 0 Å². The Morgan fingerprint density at radius 1 is 1.30 bits per heavy atom. The summed E-state index contributed by atoms with van der Waals surface area (Å²) in [6.07, 6.45) is 0.993. The minimum Gasteiger partial charge on any atom is -0.364 e. The van der Waals surface area contributed by atoms with Crippen LogP contribution < -0.4 is 4.90 Å². The molecule has 1 atom stereocenters. The lowest BCUT2D eigenvalue weighted by atomic mass is 10.1. The Hall–Kier alpha value is -2.34. The van der Waals surface area contributed by atoms with E-state index in [2.05, 4.69) is 30.0 Å². The van der Waals surface area contributed by atoms with Crippen LogP contribution in [0.15, 0.2) is 42.5 Å². The number of halogens is 1. The number of nitrogens with zero attached hydrogens (tertiary/aromatic N) is 2. The molecule has 0 saturated carbocycles. The third kappa shape index (κ3) is 2.14. The van der Waals surface area contributed by atoms with Crippen molar-refractivity contribution in [3.63, 3.8) is 0 Å². The highest BCUT2D eigenvalue weighted by Crippen LogP contribution is 2.33. The van der Waals surface area contributed by atoms with Crippen LogP contribution in [-0.4, -0.2) is 6.04 Å². The Morgan fingerprint density at radius 3 is 2.90 bits per heavy atom. The summed E-state index contributed by atoms with van der Waals surface area (Å²) in [5, 5.41) is 9.15. The van der Waals surface area contributed by atoms with Crippen molar-refractivity contribution in [2.24, 2.45) is 0 Å². The van der Waals surface area contributed by atoms with Gasteiger partial charge in [0, 0.05) is 18.3 Å². The van der Waals surface area contributed by atoms with Gasteiger partial charge in [-0.1, -0.05) is 18.2 Å². The Labute approximate surface area is 118 Å². The van der Waals surface area contributed by atoms with Gasteiger partial charge in [-0.05, 0) is 48.7 Å². The van der Waals surface area contributed by atoms with Crippen molar-refractivity contribution in [1.29, 1.82) is 5.26 Å². The monoisotopic (exact) mass is 266 g/mol. The van der Waals surface area contributed by atoms with Gasteiger partial charge in [0.25, 0.3) is 0 Å². The molecule has 100 valence electrons. The number of rotatable bonds is 2. The molecule has 3 rings (SSSR count). The molecule has 2 aromatic rings. The van der Waals surface area contributed by atoms with E-state index in [1.54, 1.807) is 6.07 Å². The predicted molar refractivity (Wildman–Crippen MR) is 76.9 cm³/mol. The zero-order chi connectivity index (χ0) is 14.1. The molecule has 3 heteroatoms. The standard InChI is InChI=1S/C17H15FN2/c1-12-8-13-4-2-3-5-17(13)20(12)11-15-9-16(18)7-6-14(15)10-19/h2-7,9,12H,8,11H2,1H3. The van der Waals surface area contributed by atoms with Crippen LogP contribution in [-0.2, 0) is 13.0 Å². The smallest absolute Gasteiger partial charge is 0.123 e. The summed E-state index contributed by atoms with van der Waals surface area (Å²) in [6, 6.07) is 15.1. The third-order valence-corrected chi connectivity index (χ3v) is 3.88. The number of hydrogen-bond donors (Lipinski definition) is 0. The second-order valence-electron chi connectivity index (χ2n) is 5.22. The maximum atomic E-state index is 13.4. The highest BCUT2D eigenvalue weighted by Gasteiger charge is 2.26. The molecular formula is C17H15FN2. The molecule has 0 amide bonds. The topological polar surface area (TPSA) is 27.0 Å². The van der Waals surface area contributed by atoms with Crippen molar-refractivity contribution in [2.45, 2.75) is 25.9 Å². The summed E-state index contributed by atoms with van der Waals surface area (Å²) in [5.74, 6) is -0.292. The molecule has 1 aliphatic rings. The van der Waals surface area contributed by atoms with E-state index in [4.69, 9.17) is 5.26 Å². The molecule has 1 heterocycles. The first kappa shape index (κ1) is 12.7. The third-order valence-electron chi connectivity index (χ3n) is 3.88. The Kier molecular flexibility index (Phi) is 3.15. The van der Waals surface area contributed by atoms with E-state index in [0.717, 1.165) is 12.0 Å². The Morgan fingerprint density at radius 2 is 2.10 bits per heavy atom. The molecule has 0 saturated heterocycles. The first-order valence-corrected chi connectivity index (χ1v) is 6.72. The van der Waals surface area contributed by atoms with E-state index >= 15 is 0 Å². The van der Waals surface area contributed by atoms with Crippen molar-refractivity contribution in [3.05, 3.63) is 65.0 Å². The second-order valence-corrected chi connectivity index (χ2v) is 5.22. The Balaban J connectivity index is 1.96. The summed E-state index contributed by atoms with van der Waals surface area (Å²) in [6.45, 7) is 2.73. The largest absolute Gasteiger partial charge is 0.364 e. The number of benzene rings is 2. The molecular weight excluding hydrogens is 251 g/mol. The number of nitriles is 1. The van der Waals surface area contributed by atoms with E-state index < -0.39 is 0 Å². The summed E-state index contributed by atoms with van der Waals surface area (Å²) in [4.78, 5) is 2.24. The average Bonchev–Trinajstić information content (AvgIpc) is 2.76. The second kappa shape index (κ2) is 4.97. The molecule has 0 spiro atoms. The van der Waals surface area contributed by atoms with E-state index in [1.165, 1.54) is 23.4 Å². The van der Waals surface area contributed by atoms with E-state index in [1.807, 2.05) is 12.1 Å². The van der Waals surface area contributed by atoms with Gasteiger partial charge in [0.15, 0.2) is 0 Å². The lowest BCUT2D eigenvalue weighted by molar-refractivity contribution is 0.620. The van der Waals surface area contributed by atoms with Gasteiger partial charge in [0.1, 0.15) is 5.82 Å². The van der Waals surface area contributed by atoms with Crippen LogP contribution in [0.1, 0.15) is 23.6 Å². The van der Waals surface area contributed by atoms with Crippen LogP contribution in [0, 0.1) is 17.1 Å². The molecule has 0 bridgehead atoms. The van der Waals surface area contributed by atoms with Gasteiger partial charge in [0.2, 0.25) is 0 Å². The van der Waals surface area contributed by atoms with Crippen LogP contribution in [0.2, 0.25) is 0 Å². The quantitative estimate of drug-likeness (QED) is 0.829. The number of para-hydroxylation sites is 1. The van der Waals surface area contributed by atoms with Crippen molar-refractivity contribution >= 4 is 5.69 Å². The van der Waals surface area contributed by atoms with Crippen molar-refractivity contribution in [2.75, 3.05) is 4.90 Å². The minimum absolute atomic E-state index is 0.292. The molecule has 0 aliphatic carbocycles. The molecule has 0 aromatic heterocycles. The number of anilines is 1. The van der Waals surface area contributed by atoms with Crippen molar-refractivity contribution in [1.82, 2.24) is 0 Å². The fourth-order valence-corrected chi connectivity index (χ4v) is 2.86. The van der Waals surface area contributed by atoms with Gasteiger partial charge in [-0.25, -0.2) is 4.39 Å². The van der Waals surface area contributed by atoms with Crippen LogP contribution in [0.4, 0.5) is 10.1 Å². The van der Waals surface area contributed by atoms with Crippen molar-refractivity contribution in [3.8, 4) is 6.07 Å². The van der Waals surface area contributed by atoms with E-state index in [9.17, 15) is 4.39 Å². The van der Waals surface area contributed by atoms with Crippen LogP contribution in [0.3, 0.4) is 0 Å². The fourth-order valence-electron chi connectivity index (χ4n) is 2.86. The van der Waals surface area contributed by atoms with E-state index in [-0.39, 0.29) is 5.82 Å². The van der Waals surface area contributed by atoms with Gasteiger partial charge in [0.05, 0.1) is 11.6 Å². The summed E-state index contributed by atoms with van der Waals surface area (Å²) in [7, 11) is 0. The highest BCUT2D eigenvalue weighted by atomic mass is 19.1. The highest BCUT2D eigenvalue weighted by molar-refractivity contribution is 5.60. The van der Waals surface area contributed by atoms with E-state index in [0.29, 0.717) is 18.2 Å². The van der Waals surface area contributed by atoms with Gasteiger partial charge in [-0.2, -0.15) is 5.26 Å². The molecule has 20 heavy (non-hydrogen) atoms. The number of fused-ring (bicyclic) bond motifs is 1. The number of hydrogen-bond acceptors (Lipinski definition) is 2. The summed E-state index contributed by atoms with van der Waals surface area (Å²) in [5.41, 5.74) is 3.79. The lowest BCUT2D eigenvalue weighted by Gasteiger charge is -2.25. The normalized spacial score (nSPS) is 16.9. The zero-order valence-corrected chi connectivity index (χ0v) is 11.3. The lowest BCUT2D eigenvalue weighted by Crippen LogP contribution is -2.29. The average molecular weight is 266 g/mol. The predicted octanol–water partition coefficient (Wildman–Crippen LogP) is 3.65. The molecule has 0 N–H and O–H groups in total. The molecule has 1 aliphatic heterocycles.